The van der Waals surface area contributed by atoms with Gasteiger partial charge in [-0.05, 0) is 24.8 Å². The summed E-state index contributed by atoms with van der Waals surface area (Å²) in [4.78, 5) is 6.46. The molecule has 1 N–H and O–H groups in total. The van der Waals surface area contributed by atoms with E-state index in [0.717, 1.165) is 37.8 Å². The average Bonchev–Trinajstić information content (AvgIpc) is 2.55. The standard InChI is InChI=1S/C17H24F3N3O.HI/c1-13-7-9-23(10-8-13)16(21-2)22-11-14-5-3-4-6-15(14)24-12-17(18,19)20;/h3-6,13H,7-12H2,1-2H3,(H,21,22);1H. The van der Waals surface area contributed by atoms with Gasteiger partial charge in [0.15, 0.2) is 12.6 Å². The Morgan fingerprint density at radius 1 is 1.28 bits per heavy atom. The van der Waals surface area contributed by atoms with E-state index < -0.39 is 12.8 Å². The third kappa shape index (κ3) is 7.29. The van der Waals surface area contributed by atoms with Crippen molar-refractivity contribution in [2.45, 2.75) is 32.5 Å². The number of ether oxygens (including phenoxy) is 1. The topological polar surface area (TPSA) is 36.9 Å². The molecule has 0 unspecified atom stereocenters. The summed E-state index contributed by atoms with van der Waals surface area (Å²) in [5.74, 6) is 1.73. The minimum Gasteiger partial charge on any atom is -0.484 e. The van der Waals surface area contributed by atoms with Gasteiger partial charge in [0, 0.05) is 32.2 Å². The fourth-order valence-electron chi connectivity index (χ4n) is 2.68. The monoisotopic (exact) mass is 471 g/mol. The molecule has 0 radical (unpaired) electrons. The van der Waals surface area contributed by atoms with Crippen LogP contribution >= 0.6 is 24.0 Å². The number of hydrogen-bond acceptors (Lipinski definition) is 2. The van der Waals surface area contributed by atoms with Crippen LogP contribution in [0.5, 0.6) is 5.75 Å². The molecule has 0 bridgehead atoms. The molecule has 1 aliphatic rings. The molecule has 0 amide bonds. The van der Waals surface area contributed by atoms with Crippen LogP contribution < -0.4 is 10.1 Å². The number of likely N-dealkylation sites (tertiary alicyclic amines) is 1. The van der Waals surface area contributed by atoms with Crippen LogP contribution in [0, 0.1) is 5.92 Å². The second kappa shape index (κ2) is 10.1. The van der Waals surface area contributed by atoms with E-state index in [-0.39, 0.29) is 29.7 Å². The molecule has 8 heteroatoms. The first-order valence-corrected chi connectivity index (χ1v) is 8.12. The van der Waals surface area contributed by atoms with Crippen LogP contribution in [0.4, 0.5) is 13.2 Å². The van der Waals surface area contributed by atoms with E-state index in [1.54, 1.807) is 31.3 Å². The maximum atomic E-state index is 12.3. The first-order chi connectivity index (χ1) is 11.4. The van der Waals surface area contributed by atoms with Crippen molar-refractivity contribution in [1.82, 2.24) is 10.2 Å². The van der Waals surface area contributed by atoms with Crippen molar-refractivity contribution in [2.24, 2.45) is 10.9 Å². The molecular formula is C17H25F3IN3O. The average molecular weight is 471 g/mol. The molecule has 1 aromatic carbocycles. The molecule has 1 aliphatic heterocycles. The van der Waals surface area contributed by atoms with Gasteiger partial charge in [-0.2, -0.15) is 13.2 Å². The molecule has 0 atom stereocenters. The van der Waals surface area contributed by atoms with Crippen LogP contribution in [0.1, 0.15) is 25.3 Å². The number of guanidine groups is 1. The predicted octanol–water partition coefficient (Wildman–Crippen LogP) is 4.05. The summed E-state index contributed by atoms with van der Waals surface area (Å²) in [5, 5.41) is 3.22. The normalized spacial score (nSPS) is 16.4. The van der Waals surface area contributed by atoms with Gasteiger partial charge in [0.25, 0.3) is 0 Å². The van der Waals surface area contributed by atoms with Gasteiger partial charge in [0.05, 0.1) is 0 Å². The van der Waals surface area contributed by atoms with Crippen LogP contribution in [0.3, 0.4) is 0 Å². The summed E-state index contributed by atoms with van der Waals surface area (Å²) >= 11 is 0. The summed E-state index contributed by atoms with van der Waals surface area (Å²) in [7, 11) is 1.71. The second-order valence-corrected chi connectivity index (χ2v) is 6.08. The van der Waals surface area contributed by atoms with E-state index in [9.17, 15) is 13.2 Å². The first kappa shape index (κ1) is 21.9. The molecule has 1 fully saturated rings. The van der Waals surface area contributed by atoms with Gasteiger partial charge in [-0.3, -0.25) is 4.99 Å². The Bertz CT molecular complexity index is 558. The first-order valence-electron chi connectivity index (χ1n) is 8.12. The summed E-state index contributed by atoms with van der Waals surface area (Å²) in [6.45, 7) is 3.19. The number of nitrogens with one attached hydrogen (secondary N) is 1. The minimum atomic E-state index is -4.35. The van der Waals surface area contributed by atoms with E-state index in [2.05, 4.69) is 22.1 Å². The van der Waals surface area contributed by atoms with E-state index >= 15 is 0 Å². The lowest BCUT2D eigenvalue weighted by atomic mass is 9.99. The molecule has 1 heterocycles. The van der Waals surface area contributed by atoms with Crippen LogP contribution in [0.2, 0.25) is 0 Å². The van der Waals surface area contributed by atoms with Crippen molar-refractivity contribution in [3.8, 4) is 5.75 Å². The number of rotatable bonds is 4. The number of aliphatic imine (C=N–C) groups is 1. The molecule has 142 valence electrons. The van der Waals surface area contributed by atoms with Gasteiger partial charge >= 0.3 is 6.18 Å². The van der Waals surface area contributed by atoms with Crippen molar-refractivity contribution >= 4 is 29.9 Å². The summed E-state index contributed by atoms with van der Waals surface area (Å²) < 4.78 is 42.0. The number of benzene rings is 1. The lowest BCUT2D eigenvalue weighted by Crippen LogP contribution is -2.45. The highest BCUT2D eigenvalue weighted by Gasteiger charge is 2.28. The molecule has 2 rings (SSSR count). The predicted molar refractivity (Wildman–Crippen MR) is 104 cm³/mol. The van der Waals surface area contributed by atoms with Crippen molar-refractivity contribution in [3.63, 3.8) is 0 Å². The van der Waals surface area contributed by atoms with Crippen molar-refractivity contribution in [1.29, 1.82) is 0 Å². The van der Waals surface area contributed by atoms with Crippen LogP contribution in [0.25, 0.3) is 0 Å². The Morgan fingerprint density at radius 2 is 1.92 bits per heavy atom. The molecule has 0 aliphatic carbocycles. The van der Waals surface area contributed by atoms with Gasteiger partial charge in [-0.25, -0.2) is 0 Å². The fraction of sp³-hybridized carbons (Fsp3) is 0.588. The molecule has 0 aromatic heterocycles. The van der Waals surface area contributed by atoms with E-state index in [0.29, 0.717) is 12.1 Å². The van der Waals surface area contributed by atoms with Crippen LogP contribution in [0.15, 0.2) is 29.3 Å². The number of para-hydroxylation sites is 1. The number of alkyl halides is 3. The molecule has 1 saturated heterocycles. The van der Waals surface area contributed by atoms with Crippen LogP contribution in [-0.2, 0) is 6.54 Å². The molecule has 4 nitrogen and oxygen atoms in total. The van der Waals surface area contributed by atoms with Gasteiger partial charge in [-0.1, -0.05) is 25.1 Å². The highest BCUT2D eigenvalue weighted by Crippen LogP contribution is 2.22. The molecule has 0 saturated carbocycles. The van der Waals surface area contributed by atoms with Gasteiger partial charge in [0.1, 0.15) is 5.75 Å². The van der Waals surface area contributed by atoms with Crippen LogP contribution in [-0.4, -0.2) is 43.8 Å². The smallest absolute Gasteiger partial charge is 0.422 e. The zero-order chi connectivity index (χ0) is 17.6. The lowest BCUT2D eigenvalue weighted by Gasteiger charge is -2.33. The molecular weight excluding hydrogens is 446 g/mol. The zero-order valence-electron chi connectivity index (χ0n) is 14.5. The summed E-state index contributed by atoms with van der Waals surface area (Å²) in [5.41, 5.74) is 0.674. The van der Waals surface area contributed by atoms with Crippen molar-refractivity contribution in [3.05, 3.63) is 29.8 Å². The van der Waals surface area contributed by atoms with Gasteiger partial charge < -0.3 is 15.0 Å². The van der Waals surface area contributed by atoms with E-state index in [4.69, 9.17) is 4.74 Å². The maximum Gasteiger partial charge on any atom is 0.422 e. The molecule has 0 spiro atoms. The highest BCUT2D eigenvalue weighted by atomic mass is 127. The maximum absolute atomic E-state index is 12.3. The summed E-state index contributed by atoms with van der Waals surface area (Å²) in [6, 6.07) is 6.75. The van der Waals surface area contributed by atoms with Crippen molar-refractivity contribution in [2.75, 3.05) is 26.7 Å². The number of nitrogens with zero attached hydrogens (tertiary/aromatic N) is 2. The Balaban J connectivity index is 0.00000312. The largest absolute Gasteiger partial charge is 0.484 e. The highest BCUT2D eigenvalue weighted by molar-refractivity contribution is 14.0. The number of piperidine rings is 1. The molecule has 25 heavy (non-hydrogen) atoms. The Hall–Kier alpha value is -1.19. The quantitative estimate of drug-likeness (QED) is 0.409. The summed E-state index contributed by atoms with van der Waals surface area (Å²) in [6.07, 6.45) is -2.11. The third-order valence-electron chi connectivity index (χ3n) is 4.10. The second-order valence-electron chi connectivity index (χ2n) is 6.08. The Morgan fingerprint density at radius 3 is 2.52 bits per heavy atom. The van der Waals surface area contributed by atoms with Crippen molar-refractivity contribution < 1.29 is 17.9 Å². The van der Waals surface area contributed by atoms with E-state index in [1.165, 1.54) is 0 Å². The third-order valence-corrected chi connectivity index (χ3v) is 4.10. The minimum absolute atomic E-state index is 0. The molecule has 1 aromatic rings. The SMILES string of the molecule is CN=C(NCc1ccccc1OCC(F)(F)F)N1CCC(C)CC1.I. The van der Waals surface area contributed by atoms with Gasteiger partial charge in [-0.15, -0.1) is 24.0 Å². The lowest BCUT2D eigenvalue weighted by molar-refractivity contribution is -0.153. The number of hydrogen-bond donors (Lipinski definition) is 1. The number of halogens is 4. The van der Waals surface area contributed by atoms with Gasteiger partial charge in [0.2, 0.25) is 0 Å². The Kier molecular flexibility index (Phi) is 8.81. The zero-order valence-corrected chi connectivity index (χ0v) is 16.8. The Labute approximate surface area is 163 Å². The van der Waals surface area contributed by atoms with E-state index in [1.807, 2.05) is 0 Å². The fourth-order valence-corrected chi connectivity index (χ4v) is 2.68.